The van der Waals surface area contributed by atoms with Crippen LogP contribution in [0.1, 0.15) is 54.9 Å². The average molecular weight is 470 g/mol. The molecule has 0 radical (unpaired) electrons. The average Bonchev–Trinajstić information content (AvgIpc) is 3.19. The van der Waals surface area contributed by atoms with Crippen molar-refractivity contribution >= 4 is 40.0 Å². The van der Waals surface area contributed by atoms with Crippen molar-refractivity contribution in [2.24, 2.45) is 11.8 Å². The third-order valence-corrected chi connectivity index (χ3v) is 7.34. The van der Waals surface area contributed by atoms with Crippen LogP contribution in [0.25, 0.3) is 0 Å². The Labute approximate surface area is 198 Å². The Morgan fingerprint density at radius 1 is 1.15 bits per heavy atom. The van der Waals surface area contributed by atoms with Crippen LogP contribution >= 0.6 is 11.3 Å². The quantitative estimate of drug-likeness (QED) is 0.625. The van der Waals surface area contributed by atoms with Gasteiger partial charge in [0.15, 0.2) is 5.13 Å². The number of ether oxygens (including phenoxy) is 1. The molecule has 4 rings (SSSR count). The third-order valence-electron chi connectivity index (χ3n) is 6.28. The second-order valence-electron chi connectivity index (χ2n) is 8.75. The molecule has 0 spiro atoms. The first-order valence-electron chi connectivity index (χ1n) is 11.7. The summed E-state index contributed by atoms with van der Waals surface area (Å²) >= 11 is 1.25. The van der Waals surface area contributed by atoms with E-state index in [9.17, 15) is 10.1 Å². The van der Waals surface area contributed by atoms with Gasteiger partial charge in [-0.1, -0.05) is 18.3 Å². The van der Waals surface area contributed by atoms with E-state index in [-0.39, 0.29) is 11.9 Å². The Kier molecular flexibility index (Phi) is 7.28. The van der Waals surface area contributed by atoms with Gasteiger partial charge in [0.05, 0.1) is 18.4 Å². The topological polar surface area (TPSA) is 107 Å². The van der Waals surface area contributed by atoms with E-state index in [0.29, 0.717) is 28.3 Å². The highest BCUT2D eigenvalue weighted by molar-refractivity contribution is 7.17. The van der Waals surface area contributed by atoms with E-state index in [4.69, 9.17) is 14.7 Å². The van der Waals surface area contributed by atoms with Crippen LogP contribution in [-0.4, -0.2) is 53.7 Å². The fourth-order valence-corrected chi connectivity index (χ4v) is 5.06. The lowest BCUT2D eigenvalue weighted by Crippen LogP contribution is -2.36. The number of nitrogens with zero attached hydrogens (tertiary/aromatic N) is 6. The first-order chi connectivity index (χ1) is 16.0. The minimum atomic E-state index is -0.362. The number of esters is 1. The van der Waals surface area contributed by atoms with Gasteiger partial charge in [-0.25, -0.2) is 9.78 Å². The zero-order chi connectivity index (χ0) is 23.4. The number of thiazole rings is 1. The summed E-state index contributed by atoms with van der Waals surface area (Å²) in [5.41, 5.74) is 0.626. The Hall–Kier alpha value is -2.93. The summed E-state index contributed by atoms with van der Waals surface area (Å²) in [7, 11) is 0. The minimum Gasteiger partial charge on any atom is -0.462 e. The summed E-state index contributed by atoms with van der Waals surface area (Å²) in [5, 5.41) is 13.0. The van der Waals surface area contributed by atoms with E-state index < -0.39 is 0 Å². The van der Waals surface area contributed by atoms with Crippen LogP contribution in [0, 0.1) is 30.1 Å². The summed E-state index contributed by atoms with van der Waals surface area (Å²) in [6.07, 6.45) is 3.97. The predicted molar refractivity (Wildman–Crippen MR) is 129 cm³/mol. The van der Waals surface area contributed by atoms with Gasteiger partial charge in [0, 0.05) is 38.2 Å². The molecule has 2 fully saturated rings. The zero-order valence-corrected chi connectivity index (χ0v) is 20.3. The lowest BCUT2D eigenvalue weighted by atomic mass is 9.98. The van der Waals surface area contributed by atoms with Gasteiger partial charge >= 0.3 is 5.97 Å². The monoisotopic (exact) mass is 469 g/mol. The summed E-state index contributed by atoms with van der Waals surface area (Å²) in [4.78, 5) is 31.3. The molecule has 2 aliphatic heterocycles. The van der Waals surface area contributed by atoms with Gasteiger partial charge in [0.2, 0.25) is 5.95 Å². The van der Waals surface area contributed by atoms with E-state index in [1.54, 1.807) is 13.8 Å². The van der Waals surface area contributed by atoms with Gasteiger partial charge in [0.1, 0.15) is 16.5 Å². The number of carbonyl (C=O) groups is 1. The van der Waals surface area contributed by atoms with E-state index in [2.05, 4.69) is 39.2 Å². The maximum absolute atomic E-state index is 12.2. The van der Waals surface area contributed by atoms with Crippen LogP contribution < -0.4 is 15.1 Å². The predicted octanol–water partition coefficient (Wildman–Crippen LogP) is 4.14. The Morgan fingerprint density at radius 2 is 1.76 bits per heavy atom. The van der Waals surface area contributed by atoms with Crippen LogP contribution in [0.2, 0.25) is 0 Å². The molecule has 176 valence electrons. The van der Waals surface area contributed by atoms with Gasteiger partial charge in [-0.2, -0.15) is 15.2 Å². The SMILES string of the molecule is CCOC(=O)c1sc(Nc2nc(N3CCC(C)CC3)cc(N3CCC(C#N)CC3)n2)nc1C. The van der Waals surface area contributed by atoms with Crippen molar-refractivity contribution in [3.05, 3.63) is 16.6 Å². The number of carbonyl (C=O) groups excluding carboxylic acids is 1. The first kappa shape index (κ1) is 23.2. The van der Waals surface area contributed by atoms with Crippen molar-refractivity contribution < 1.29 is 9.53 Å². The second-order valence-corrected chi connectivity index (χ2v) is 9.75. The molecule has 0 amide bonds. The minimum absolute atomic E-state index is 0.114. The number of aryl methyl sites for hydroxylation is 1. The van der Waals surface area contributed by atoms with Crippen molar-refractivity contribution in [2.75, 3.05) is 47.9 Å². The number of aromatic nitrogens is 3. The molecule has 0 bridgehead atoms. The molecule has 0 aromatic carbocycles. The Bertz CT molecular complexity index is 1020. The number of anilines is 4. The van der Waals surface area contributed by atoms with Crippen molar-refractivity contribution in [1.29, 1.82) is 5.26 Å². The van der Waals surface area contributed by atoms with E-state index in [1.165, 1.54) is 11.3 Å². The highest BCUT2D eigenvalue weighted by Crippen LogP contribution is 2.30. The molecule has 2 saturated heterocycles. The van der Waals surface area contributed by atoms with Gasteiger partial charge < -0.3 is 14.5 Å². The van der Waals surface area contributed by atoms with Gasteiger partial charge in [-0.3, -0.25) is 5.32 Å². The molecule has 0 saturated carbocycles. The van der Waals surface area contributed by atoms with Gasteiger partial charge in [-0.15, -0.1) is 0 Å². The summed E-state index contributed by atoms with van der Waals surface area (Å²) in [6, 6.07) is 4.45. The molecule has 2 aromatic rings. The highest BCUT2D eigenvalue weighted by atomic mass is 32.1. The fraction of sp³-hybridized carbons (Fsp3) is 0.609. The van der Waals surface area contributed by atoms with Gasteiger partial charge in [-0.05, 0) is 45.4 Å². The molecule has 0 atom stereocenters. The van der Waals surface area contributed by atoms with Crippen molar-refractivity contribution in [2.45, 2.75) is 46.5 Å². The van der Waals surface area contributed by atoms with Crippen molar-refractivity contribution in [3.63, 3.8) is 0 Å². The smallest absolute Gasteiger partial charge is 0.350 e. The molecule has 1 N–H and O–H groups in total. The van der Waals surface area contributed by atoms with Gasteiger partial charge in [0.25, 0.3) is 0 Å². The Morgan fingerprint density at radius 3 is 2.33 bits per heavy atom. The normalized spacial score (nSPS) is 17.6. The van der Waals surface area contributed by atoms with Crippen LogP contribution in [-0.2, 0) is 4.74 Å². The molecule has 9 nitrogen and oxygen atoms in total. The highest BCUT2D eigenvalue weighted by Gasteiger charge is 2.24. The number of rotatable bonds is 6. The number of hydrogen-bond acceptors (Lipinski definition) is 10. The number of nitrogens with one attached hydrogen (secondary N) is 1. The lowest BCUT2D eigenvalue weighted by molar-refractivity contribution is 0.0531. The molecule has 2 aromatic heterocycles. The fourth-order valence-electron chi connectivity index (χ4n) is 4.21. The van der Waals surface area contributed by atoms with E-state index in [1.807, 2.05) is 0 Å². The molecule has 0 unspecified atom stereocenters. The maximum atomic E-state index is 12.2. The van der Waals surface area contributed by atoms with Crippen molar-refractivity contribution in [1.82, 2.24) is 15.0 Å². The Balaban J connectivity index is 1.60. The molecular weight excluding hydrogens is 438 g/mol. The number of hydrogen-bond donors (Lipinski definition) is 1. The lowest BCUT2D eigenvalue weighted by Gasteiger charge is -2.33. The number of piperidine rings is 2. The van der Waals surface area contributed by atoms with Crippen LogP contribution in [0.4, 0.5) is 22.7 Å². The van der Waals surface area contributed by atoms with E-state index in [0.717, 1.165) is 69.4 Å². The molecule has 2 aliphatic rings. The van der Waals surface area contributed by atoms with Crippen molar-refractivity contribution in [3.8, 4) is 6.07 Å². The summed E-state index contributed by atoms with van der Waals surface area (Å²) in [5.74, 6) is 2.70. The molecule has 10 heteroatoms. The third kappa shape index (κ3) is 5.53. The molecule has 33 heavy (non-hydrogen) atoms. The number of nitriles is 1. The van der Waals surface area contributed by atoms with Crippen LogP contribution in [0.5, 0.6) is 0 Å². The molecule has 0 aliphatic carbocycles. The zero-order valence-electron chi connectivity index (χ0n) is 19.5. The standard InChI is InChI=1S/C23H31N7O2S/c1-4-32-21(31)20-16(3)25-23(33-20)28-22-26-18(29-9-5-15(2)6-10-29)13-19(27-22)30-11-7-17(14-24)8-12-30/h13,15,17H,4-12H2,1-3H3,(H,25,26,27,28). The van der Waals surface area contributed by atoms with Crippen LogP contribution in [0.3, 0.4) is 0 Å². The first-order valence-corrected chi connectivity index (χ1v) is 12.5. The largest absolute Gasteiger partial charge is 0.462 e. The summed E-state index contributed by atoms with van der Waals surface area (Å²) < 4.78 is 5.13. The van der Waals surface area contributed by atoms with Crippen LogP contribution in [0.15, 0.2) is 6.07 Å². The second kappa shape index (κ2) is 10.3. The van der Waals surface area contributed by atoms with E-state index >= 15 is 0 Å². The molecule has 4 heterocycles. The maximum Gasteiger partial charge on any atom is 0.350 e. The summed E-state index contributed by atoms with van der Waals surface area (Å²) in [6.45, 7) is 9.74. The molecular formula is C23H31N7O2S.